The molecule has 0 unspecified atom stereocenters. The van der Waals surface area contributed by atoms with E-state index in [1.807, 2.05) is 12.1 Å². The minimum absolute atomic E-state index is 0.263. The molecule has 0 saturated carbocycles. The molecule has 182 valence electrons. The molecule has 9 heteroatoms. The van der Waals surface area contributed by atoms with Crippen LogP contribution in [-0.4, -0.2) is 16.2 Å². The fraction of sp³-hybridized carbons (Fsp3) is 0.111. The Bertz CT molecular complexity index is 1720. The fourth-order valence-corrected chi connectivity index (χ4v) is 5.67. The number of aryl methyl sites for hydroxylation is 1. The van der Waals surface area contributed by atoms with Crippen LogP contribution in [0.1, 0.15) is 11.1 Å². The van der Waals surface area contributed by atoms with E-state index in [-0.39, 0.29) is 11.3 Å². The van der Waals surface area contributed by atoms with Gasteiger partial charge < -0.3 is 4.74 Å². The Balaban J connectivity index is 1.85. The van der Waals surface area contributed by atoms with Gasteiger partial charge in [-0.25, -0.2) is 18.1 Å². The summed E-state index contributed by atoms with van der Waals surface area (Å²) in [6, 6.07) is 17.2. The molecule has 0 aliphatic heterocycles. The lowest BCUT2D eigenvalue weighted by molar-refractivity contribution is 0.415. The molecule has 3 aromatic carbocycles. The summed E-state index contributed by atoms with van der Waals surface area (Å²) in [6.45, 7) is 1.40. The van der Waals surface area contributed by atoms with Crippen LogP contribution in [-0.2, 0) is 6.54 Å². The number of nitrogens with zero attached hydrogens (tertiary/aromatic N) is 2. The number of methoxy groups -OCH3 is 1. The van der Waals surface area contributed by atoms with E-state index >= 15 is 0 Å². The molecular formula is C27H19ClF2N2O3S. The second-order valence-electron chi connectivity index (χ2n) is 8.15. The van der Waals surface area contributed by atoms with E-state index in [2.05, 4.69) is 0 Å². The van der Waals surface area contributed by atoms with Crippen molar-refractivity contribution in [2.24, 2.45) is 0 Å². The van der Waals surface area contributed by atoms with E-state index in [4.69, 9.17) is 16.3 Å². The van der Waals surface area contributed by atoms with Gasteiger partial charge in [-0.2, -0.15) is 0 Å². The van der Waals surface area contributed by atoms with E-state index < -0.39 is 29.4 Å². The zero-order valence-corrected chi connectivity index (χ0v) is 20.8. The van der Waals surface area contributed by atoms with Gasteiger partial charge in [0.05, 0.1) is 24.7 Å². The Morgan fingerprint density at radius 2 is 1.64 bits per heavy atom. The molecule has 0 N–H and O–H groups in total. The second-order valence-corrected chi connectivity index (χ2v) is 9.59. The number of rotatable bonds is 5. The number of ether oxygens (including phenoxy) is 1. The normalized spacial score (nSPS) is 11.2. The highest BCUT2D eigenvalue weighted by Crippen LogP contribution is 2.37. The fourth-order valence-electron chi connectivity index (χ4n) is 4.19. The minimum atomic E-state index is -0.779. The van der Waals surface area contributed by atoms with Gasteiger partial charge in [-0.1, -0.05) is 23.7 Å². The standard InChI is InChI=1S/C27H19ClF2N2O3S/c1-15-23-25(33)32(18-6-3-5-17(28)13-18)27(34)31(14-20-21(29)7-4-8-22(20)30)26(23)36-24(15)16-9-11-19(35-2)12-10-16/h3-13H,14H2,1-2H3. The Labute approximate surface area is 213 Å². The third-order valence-corrected chi connectivity index (χ3v) is 7.61. The highest BCUT2D eigenvalue weighted by molar-refractivity contribution is 7.22. The summed E-state index contributed by atoms with van der Waals surface area (Å²) in [5.41, 5.74) is 0.215. The first-order valence-corrected chi connectivity index (χ1v) is 12.1. The lowest BCUT2D eigenvalue weighted by atomic mass is 10.1. The van der Waals surface area contributed by atoms with Crippen LogP contribution in [0.5, 0.6) is 5.75 Å². The second kappa shape index (κ2) is 9.37. The summed E-state index contributed by atoms with van der Waals surface area (Å²) in [7, 11) is 1.57. The molecule has 0 atom stereocenters. The van der Waals surface area contributed by atoms with Gasteiger partial charge in [-0.3, -0.25) is 9.36 Å². The van der Waals surface area contributed by atoms with Crippen molar-refractivity contribution in [3.8, 4) is 21.9 Å². The summed E-state index contributed by atoms with van der Waals surface area (Å²) < 4.78 is 36.7. The zero-order valence-electron chi connectivity index (χ0n) is 19.2. The number of thiophene rings is 1. The molecule has 5 aromatic rings. The molecule has 0 fully saturated rings. The molecule has 5 rings (SSSR count). The summed E-state index contributed by atoms with van der Waals surface area (Å²) in [6.07, 6.45) is 0. The topological polar surface area (TPSA) is 53.2 Å². The van der Waals surface area contributed by atoms with Crippen LogP contribution in [0.3, 0.4) is 0 Å². The lowest BCUT2D eigenvalue weighted by Crippen LogP contribution is -2.39. The van der Waals surface area contributed by atoms with Gasteiger partial charge in [-0.05, 0) is 72.6 Å². The van der Waals surface area contributed by atoms with Gasteiger partial charge in [0.2, 0.25) is 0 Å². The molecule has 2 aromatic heterocycles. The van der Waals surface area contributed by atoms with Crippen LogP contribution in [0.2, 0.25) is 5.02 Å². The van der Waals surface area contributed by atoms with Crippen LogP contribution in [0.25, 0.3) is 26.3 Å². The van der Waals surface area contributed by atoms with Crippen molar-refractivity contribution in [3.63, 3.8) is 0 Å². The number of fused-ring (bicyclic) bond motifs is 1. The summed E-state index contributed by atoms with van der Waals surface area (Å²) in [4.78, 5) is 28.5. The zero-order chi connectivity index (χ0) is 25.6. The first-order valence-electron chi connectivity index (χ1n) is 10.9. The number of hydrogen-bond donors (Lipinski definition) is 0. The maximum Gasteiger partial charge on any atom is 0.337 e. The van der Waals surface area contributed by atoms with Crippen molar-refractivity contribution in [2.45, 2.75) is 13.5 Å². The Morgan fingerprint density at radius 3 is 2.28 bits per heavy atom. The van der Waals surface area contributed by atoms with Crippen molar-refractivity contribution < 1.29 is 13.5 Å². The predicted octanol–water partition coefficient (Wildman–Crippen LogP) is 6.18. The van der Waals surface area contributed by atoms with E-state index in [9.17, 15) is 18.4 Å². The van der Waals surface area contributed by atoms with Gasteiger partial charge in [0.1, 0.15) is 22.2 Å². The molecule has 5 nitrogen and oxygen atoms in total. The van der Waals surface area contributed by atoms with E-state index in [1.54, 1.807) is 44.4 Å². The van der Waals surface area contributed by atoms with E-state index in [0.29, 0.717) is 26.6 Å². The monoisotopic (exact) mass is 524 g/mol. The molecule has 0 aliphatic carbocycles. The third kappa shape index (κ3) is 4.02. The van der Waals surface area contributed by atoms with Gasteiger partial charge in [0, 0.05) is 15.5 Å². The average Bonchev–Trinajstić information content (AvgIpc) is 3.20. The van der Waals surface area contributed by atoms with Crippen molar-refractivity contribution >= 4 is 33.2 Å². The quantitative estimate of drug-likeness (QED) is 0.276. The minimum Gasteiger partial charge on any atom is -0.497 e. The maximum atomic E-state index is 14.6. The molecule has 0 spiro atoms. The Hall–Kier alpha value is -3.75. The van der Waals surface area contributed by atoms with Crippen molar-refractivity contribution in [1.82, 2.24) is 9.13 Å². The highest BCUT2D eigenvalue weighted by atomic mass is 35.5. The van der Waals surface area contributed by atoms with Gasteiger partial charge in [-0.15, -0.1) is 11.3 Å². The number of halogens is 3. The largest absolute Gasteiger partial charge is 0.497 e. The number of aromatic nitrogens is 2. The first-order chi connectivity index (χ1) is 17.3. The number of benzene rings is 3. The van der Waals surface area contributed by atoms with Crippen LogP contribution in [0, 0.1) is 18.6 Å². The Morgan fingerprint density at radius 1 is 0.972 bits per heavy atom. The first kappa shape index (κ1) is 24.0. The Kier molecular flexibility index (Phi) is 6.24. The SMILES string of the molecule is COc1ccc(-c2sc3c(c2C)c(=O)n(-c2cccc(Cl)c2)c(=O)n3Cc2c(F)cccc2F)cc1. The molecule has 0 radical (unpaired) electrons. The van der Waals surface area contributed by atoms with Gasteiger partial charge in [0.15, 0.2) is 0 Å². The maximum absolute atomic E-state index is 14.6. The summed E-state index contributed by atoms with van der Waals surface area (Å²) in [5.74, 6) is -0.883. The molecule has 0 saturated heterocycles. The molecular weight excluding hydrogens is 506 g/mol. The molecule has 0 amide bonds. The van der Waals surface area contributed by atoms with E-state index in [0.717, 1.165) is 27.1 Å². The van der Waals surface area contributed by atoms with Gasteiger partial charge in [0.25, 0.3) is 5.56 Å². The van der Waals surface area contributed by atoms with Crippen molar-refractivity contribution in [2.75, 3.05) is 7.11 Å². The van der Waals surface area contributed by atoms with Crippen molar-refractivity contribution in [1.29, 1.82) is 0 Å². The molecule has 0 aliphatic rings. The number of hydrogen-bond acceptors (Lipinski definition) is 4. The van der Waals surface area contributed by atoms with Crippen LogP contribution >= 0.6 is 22.9 Å². The highest BCUT2D eigenvalue weighted by Gasteiger charge is 2.23. The average molecular weight is 525 g/mol. The molecule has 36 heavy (non-hydrogen) atoms. The molecule has 0 bridgehead atoms. The van der Waals surface area contributed by atoms with Crippen LogP contribution in [0.15, 0.2) is 76.3 Å². The summed E-state index contributed by atoms with van der Waals surface area (Å²) in [5, 5.41) is 0.633. The van der Waals surface area contributed by atoms with Crippen LogP contribution < -0.4 is 16.0 Å². The van der Waals surface area contributed by atoms with E-state index in [1.165, 1.54) is 28.0 Å². The van der Waals surface area contributed by atoms with Crippen molar-refractivity contribution in [3.05, 3.63) is 115 Å². The van der Waals surface area contributed by atoms with Gasteiger partial charge >= 0.3 is 5.69 Å². The van der Waals surface area contributed by atoms with Crippen LogP contribution in [0.4, 0.5) is 8.78 Å². The third-order valence-electron chi connectivity index (χ3n) is 6.01. The predicted molar refractivity (Wildman–Crippen MR) is 139 cm³/mol. The summed E-state index contributed by atoms with van der Waals surface area (Å²) >= 11 is 7.36. The molecule has 2 heterocycles. The lowest BCUT2D eigenvalue weighted by Gasteiger charge is -2.13. The smallest absolute Gasteiger partial charge is 0.337 e.